The smallest absolute Gasteiger partial charge is 0.330 e. The van der Waals surface area contributed by atoms with Gasteiger partial charge in [-0.25, -0.2) is 4.79 Å². The molecule has 0 aliphatic heterocycles. The quantitative estimate of drug-likeness (QED) is 0.360. The summed E-state index contributed by atoms with van der Waals surface area (Å²) in [5.41, 5.74) is 2.91. The molecule has 0 saturated heterocycles. The molecule has 1 saturated carbocycles. The molecule has 3 rings (SSSR count). The van der Waals surface area contributed by atoms with Crippen molar-refractivity contribution in [1.29, 1.82) is 0 Å². The molecule has 0 spiro atoms. The van der Waals surface area contributed by atoms with Crippen LogP contribution in [0, 0.1) is 23.2 Å². The van der Waals surface area contributed by atoms with Gasteiger partial charge in [-0.15, -0.1) is 6.58 Å². The molecule has 4 atom stereocenters. The summed E-state index contributed by atoms with van der Waals surface area (Å²) in [6.07, 6.45) is 6.67. The highest BCUT2D eigenvalue weighted by Gasteiger charge is 2.61. The summed E-state index contributed by atoms with van der Waals surface area (Å²) in [6, 6.07) is 6.23. The normalized spacial score (nSPS) is 26.9. The summed E-state index contributed by atoms with van der Waals surface area (Å²) in [4.78, 5) is 25.0. The lowest BCUT2D eigenvalue weighted by Gasteiger charge is -2.18. The Morgan fingerprint density at radius 3 is 2.60 bits per heavy atom. The molecule has 4 heteroatoms. The molecule has 0 aromatic heterocycles. The first-order valence-electron chi connectivity index (χ1n) is 10.8. The molecule has 2 aliphatic carbocycles. The molecule has 1 fully saturated rings. The highest BCUT2D eigenvalue weighted by molar-refractivity contribution is 5.83. The summed E-state index contributed by atoms with van der Waals surface area (Å²) < 4.78 is 11.4. The van der Waals surface area contributed by atoms with Gasteiger partial charge in [0.15, 0.2) is 0 Å². The van der Waals surface area contributed by atoms with Crippen LogP contribution < -0.4 is 0 Å². The Hall–Kier alpha value is -2.36. The lowest BCUT2D eigenvalue weighted by Crippen LogP contribution is -2.22. The Morgan fingerprint density at radius 2 is 1.97 bits per heavy atom. The van der Waals surface area contributed by atoms with E-state index in [1.165, 1.54) is 17.2 Å². The van der Waals surface area contributed by atoms with Gasteiger partial charge in [-0.2, -0.15) is 0 Å². The molecular formula is C26H34O4. The van der Waals surface area contributed by atoms with Gasteiger partial charge in [-0.3, -0.25) is 4.79 Å². The van der Waals surface area contributed by atoms with Gasteiger partial charge in [0.1, 0.15) is 11.7 Å². The SMILES string of the molecule is C=CCc1cccc2c1CC(C)C2OC(=O)[C@@H]1[C@H](C=CC(=O)OC(C)(C)C)C1(C)C. The van der Waals surface area contributed by atoms with Crippen molar-refractivity contribution in [1.82, 2.24) is 0 Å². The van der Waals surface area contributed by atoms with Crippen LogP contribution in [0.15, 0.2) is 43.0 Å². The first-order valence-corrected chi connectivity index (χ1v) is 10.8. The molecule has 1 aromatic carbocycles. The summed E-state index contributed by atoms with van der Waals surface area (Å²) >= 11 is 0. The van der Waals surface area contributed by atoms with E-state index in [9.17, 15) is 9.59 Å². The van der Waals surface area contributed by atoms with Crippen LogP contribution in [0.25, 0.3) is 0 Å². The molecule has 0 radical (unpaired) electrons. The molecule has 0 amide bonds. The largest absolute Gasteiger partial charge is 0.457 e. The molecule has 0 bridgehead atoms. The van der Waals surface area contributed by atoms with Gasteiger partial charge in [0.25, 0.3) is 0 Å². The third kappa shape index (κ3) is 4.53. The number of allylic oxidation sites excluding steroid dienone is 2. The molecule has 4 nitrogen and oxygen atoms in total. The van der Waals surface area contributed by atoms with Crippen molar-refractivity contribution >= 4 is 11.9 Å². The maximum atomic E-state index is 13.0. The summed E-state index contributed by atoms with van der Waals surface area (Å²) in [7, 11) is 0. The van der Waals surface area contributed by atoms with Gasteiger partial charge in [-0.1, -0.05) is 51.1 Å². The van der Waals surface area contributed by atoms with E-state index in [4.69, 9.17) is 9.47 Å². The molecule has 0 heterocycles. The Labute approximate surface area is 180 Å². The lowest BCUT2D eigenvalue weighted by molar-refractivity contribution is -0.154. The van der Waals surface area contributed by atoms with Crippen molar-refractivity contribution in [3.8, 4) is 0 Å². The Morgan fingerprint density at radius 1 is 1.27 bits per heavy atom. The highest BCUT2D eigenvalue weighted by atomic mass is 16.6. The van der Waals surface area contributed by atoms with Crippen LogP contribution in [-0.2, 0) is 31.9 Å². The lowest BCUT2D eigenvalue weighted by atomic mass is 10.0. The van der Waals surface area contributed by atoms with E-state index in [0.717, 1.165) is 18.4 Å². The van der Waals surface area contributed by atoms with Crippen molar-refractivity contribution in [2.75, 3.05) is 0 Å². The van der Waals surface area contributed by atoms with Crippen LogP contribution in [0.5, 0.6) is 0 Å². The van der Waals surface area contributed by atoms with E-state index < -0.39 is 5.60 Å². The monoisotopic (exact) mass is 410 g/mol. The van der Waals surface area contributed by atoms with Crippen LogP contribution in [-0.4, -0.2) is 17.5 Å². The molecule has 0 N–H and O–H groups in total. The van der Waals surface area contributed by atoms with Gasteiger partial charge in [0.2, 0.25) is 0 Å². The zero-order valence-corrected chi connectivity index (χ0v) is 19.0. The third-order valence-corrected chi connectivity index (χ3v) is 6.28. The van der Waals surface area contributed by atoms with Crippen LogP contribution in [0.4, 0.5) is 0 Å². The van der Waals surface area contributed by atoms with Gasteiger partial charge in [0.05, 0.1) is 5.92 Å². The van der Waals surface area contributed by atoms with Crippen LogP contribution >= 0.6 is 0 Å². The summed E-state index contributed by atoms with van der Waals surface area (Å²) in [5.74, 6) is -0.597. The van der Waals surface area contributed by atoms with E-state index in [-0.39, 0.29) is 41.2 Å². The van der Waals surface area contributed by atoms with Crippen molar-refractivity contribution in [2.24, 2.45) is 23.2 Å². The highest BCUT2D eigenvalue weighted by Crippen LogP contribution is 2.60. The third-order valence-electron chi connectivity index (χ3n) is 6.28. The average molecular weight is 411 g/mol. The molecule has 30 heavy (non-hydrogen) atoms. The Bertz CT molecular complexity index is 872. The van der Waals surface area contributed by atoms with Gasteiger partial charge < -0.3 is 9.47 Å². The minimum absolute atomic E-state index is 0.0270. The zero-order chi connectivity index (χ0) is 22.3. The molecular weight excluding hydrogens is 376 g/mol. The van der Waals surface area contributed by atoms with E-state index in [2.05, 4.69) is 25.6 Å². The van der Waals surface area contributed by atoms with E-state index in [0.29, 0.717) is 0 Å². The van der Waals surface area contributed by atoms with E-state index >= 15 is 0 Å². The number of carbonyl (C=O) groups is 2. The summed E-state index contributed by atoms with van der Waals surface area (Å²) in [6.45, 7) is 15.6. The second-order valence-corrected chi connectivity index (χ2v) is 10.2. The zero-order valence-electron chi connectivity index (χ0n) is 19.0. The standard InChI is InChI=1S/C26H34O4/c1-8-10-17-11-9-12-18-19(17)15-16(2)23(18)29-24(28)22-20(26(22,6)7)13-14-21(27)30-25(3,4)5/h8-9,11-14,16,20,22-23H,1,10,15H2,2-7H3/t16?,20-,22-,23?/m0/s1. The average Bonchev–Trinajstić information content (AvgIpc) is 3.03. The number of esters is 2. The Balaban J connectivity index is 1.69. The fourth-order valence-electron chi connectivity index (χ4n) is 4.64. The predicted octanol–water partition coefficient (Wildman–Crippen LogP) is 5.36. The number of hydrogen-bond donors (Lipinski definition) is 0. The van der Waals surface area contributed by atoms with Crippen LogP contribution in [0.2, 0.25) is 0 Å². The van der Waals surface area contributed by atoms with E-state index in [1.807, 2.05) is 46.8 Å². The predicted molar refractivity (Wildman–Crippen MR) is 118 cm³/mol. The van der Waals surface area contributed by atoms with Crippen molar-refractivity contribution in [3.05, 3.63) is 59.7 Å². The first kappa shape index (κ1) is 22.3. The minimum Gasteiger partial charge on any atom is -0.457 e. The summed E-state index contributed by atoms with van der Waals surface area (Å²) in [5, 5.41) is 0. The minimum atomic E-state index is -0.532. The second-order valence-electron chi connectivity index (χ2n) is 10.2. The molecule has 162 valence electrons. The fraction of sp³-hybridized carbons (Fsp3) is 0.538. The van der Waals surface area contributed by atoms with Crippen molar-refractivity contribution in [2.45, 2.75) is 66.1 Å². The maximum Gasteiger partial charge on any atom is 0.330 e. The van der Waals surface area contributed by atoms with E-state index in [1.54, 1.807) is 6.08 Å². The number of benzene rings is 1. The number of fused-ring (bicyclic) bond motifs is 1. The van der Waals surface area contributed by atoms with Crippen molar-refractivity contribution in [3.63, 3.8) is 0 Å². The van der Waals surface area contributed by atoms with Gasteiger partial charge >= 0.3 is 11.9 Å². The van der Waals surface area contributed by atoms with Crippen LogP contribution in [0.1, 0.15) is 64.3 Å². The fourth-order valence-corrected chi connectivity index (χ4v) is 4.64. The molecule has 2 aliphatic rings. The first-order chi connectivity index (χ1) is 14.0. The van der Waals surface area contributed by atoms with Gasteiger partial charge in [0, 0.05) is 12.0 Å². The molecule has 2 unspecified atom stereocenters. The number of hydrogen-bond acceptors (Lipinski definition) is 4. The maximum absolute atomic E-state index is 13.0. The topological polar surface area (TPSA) is 52.6 Å². The van der Waals surface area contributed by atoms with Crippen molar-refractivity contribution < 1.29 is 19.1 Å². The number of rotatable bonds is 6. The number of ether oxygens (including phenoxy) is 2. The number of carbonyl (C=O) groups excluding carboxylic acids is 2. The Kier molecular flexibility index (Phi) is 5.99. The van der Waals surface area contributed by atoms with Crippen LogP contribution in [0.3, 0.4) is 0 Å². The second kappa shape index (κ2) is 8.05. The van der Waals surface area contributed by atoms with Gasteiger partial charge in [-0.05, 0) is 61.6 Å². The molecule has 1 aromatic rings.